The van der Waals surface area contributed by atoms with Crippen LogP contribution in [0.25, 0.3) is 11.1 Å². The van der Waals surface area contributed by atoms with Crippen molar-refractivity contribution in [1.82, 2.24) is 10.3 Å². The van der Waals surface area contributed by atoms with E-state index in [9.17, 15) is 5.11 Å². The molecule has 1 aromatic carbocycles. The van der Waals surface area contributed by atoms with Crippen LogP contribution in [0.3, 0.4) is 0 Å². The summed E-state index contributed by atoms with van der Waals surface area (Å²) in [5, 5.41) is 13.2. The van der Waals surface area contributed by atoms with Gasteiger partial charge in [0.05, 0.1) is 6.10 Å². The van der Waals surface area contributed by atoms with Crippen LogP contribution in [0.2, 0.25) is 0 Å². The van der Waals surface area contributed by atoms with Gasteiger partial charge in [0.1, 0.15) is 0 Å². The van der Waals surface area contributed by atoms with Crippen molar-refractivity contribution in [1.29, 1.82) is 0 Å². The van der Waals surface area contributed by atoms with Crippen LogP contribution in [0.4, 0.5) is 0 Å². The van der Waals surface area contributed by atoms with Crippen molar-refractivity contribution < 1.29 is 5.11 Å². The van der Waals surface area contributed by atoms with Gasteiger partial charge in [0, 0.05) is 25.0 Å². The number of rotatable bonds is 4. The van der Waals surface area contributed by atoms with Crippen molar-refractivity contribution in [3.63, 3.8) is 0 Å². The van der Waals surface area contributed by atoms with Crippen molar-refractivity contribution >= 4 is 0 Å². The number of hydrogen-bond acceptors (Lipinski definition) is 3. The normalized spacial score (nSPS) is 22.1. The number of benzene rings is 1. The van der Waals surface area contributed by atoms with Gasteiger partial charge in [-0.2, -0.15) is 0 Å². The van der Waals surface area contributed by atoms with Crippen molar-refractivity contribution in [3.8, 4) is 11.1 Å². The molecule has 0 atom stereocenters. The largest absolute Gasteiger partial charge is 0.393 e. The molecule has 3 heteroatoms. The van der Waals surface area contributed by atoms with Gasteiger partial charge in [-0.15, -0.1) is 0 Å². The molecule has 1 heterocycles. The van der Waals surface area contributed by atoms with E-state index in [0.717, 1.165) is 32.2 Å². The lowest BCUT2D eigenvalue weighted by Gasteiger charge is -2.26. The molecule has 1 aromatic heterocycles. The molecule has 2 aromatic rings. The molecule has 0 spiro atoms. The highest BCUT2D eigenvalue weighted by atomic mass is 16.3. The molecule has 1 fully saturated rings. The Morgan fingerprint density at radius 1 is 1.00 bits per heavy atom. The van der Waals surface area contributed by atoms with E-state index in [2.05, 4.69) is 34.6 Å². The van der Waals surface area contributed by atoms with Crippen LogP contribution in [-0.4, -0.2) is 22.2 Å². The van der Waals surface area contributed by atoms with Crippen LogP contribution in [0.5, 0.6) is 0 Å². The molecule has 0 radical (unpaired) electrons. The Labute approximate surface area is 126 Å². The Kier molecular flexibility index (Phi) is 4.63. The Morgan fingerprint density at radius 2 is 1.76 bits per heavy atom. The quantitative estimate of drug-likeness (QED) is 0.905. The minimum Gasteiger partial charge on any atom is -0.393 e. The Hall–Kier alpha value is -1.71. The molecule has 2 N–H and O–H groups in total. The maximum atomic E-state index is 9.54. The van der Waals surface area contributed by atoms with Gasteiger partial charge in [0.25, 0.3) is 0 Å². The first kappa shape index (κ1) is 14.2. The van der Waals surface area contributed by atoms with Gasteiger partial charge in [-0.3, -0.25) is 4.98 Å². The second kappa shape index (κ2) is 6.83. The van der Waals surface area contributed by atoms with Gasteiger partial charge in [-0.05, 0) is 60.6 Å². The van der Waals surface area contributed by atoms with Gasteiger partial charge in [0.15, 0.2) is 0 Å². The number of pyridine rings is 1. The second-order valence-electron chi connectivity index (χ2n) is 5.82. The van der Waals surface area contributed by atoms with Crippen LogP contribution in [0.1, 0.15) is 31.2 Å². The average molecular weight is 282 g/mol. The summed E-state index contributed by atoms with van der Waals surface area (Å²) in [6.45, 7) is 0.889. The third kappa shape index (κ3) is 3.90. The molecule has 0 unspecified atom stereocenters. The fraction of sp³-hybridized carbons (Fsp3) is 0.389. The summed E-state index contributed by atoms with van der Waals surface area (Å²) >= 11 is 0. The number of nitrogens with zero attached hydrogens (tertiary/aromatic N) is 1. The third-order valence-corrected chi connectivity index (χ3v) is 4.23. The van der Waals surface area contributed by atoms with Crippen LogP contribution in [-0.2, 0) is 6.54 Å². The van der Waals surface area contributed by atoms with E-state index in [-0.39, 0.29) is 6.10 Å². The van der Waals surface area contributed by atoms with Crippen molar-refractivity contribution in [2.24, 2.45) is 0 Å². The first-order valence-corrected chi connectivity index (χ1v) is 7.72. The van der Waals surface area contributed by atoms with Crippen LogP contribution < -0.4 is 5.32 Å². The Bertz CT molecular complexity index is 562. The fourth-order valence-corrected chi connectivity index (χ4v) is 2.95. The first-order valence-electron chi connectivity index (χ1n) is 7.72. The SMILES string of the molecule is O[C@H]1CC[C@H](NCc2cccc(-c3ccncc3)c2)CC1. The van der Waals surface area contributed by atoms with Crippen LogP contribution in [0.15, 0.2) is 48.8 Å². The molecule has 3 nitrogen and oxygen atoms in total. The Morgan fingerprint density at radius 3 is 2.52 bits per heavy atom. The average Bonchev–Trinajstić information content (AvgIpc) is 2.55. The monoisotopic (exact) mass is 282 g/mol. The summed E-state index contributed by atoms with van der Waals surface area (Å²) in [7, 11) is 0. The zero-order chi connectivity index (χ0) is 14.5. The molecule has 1 aliphatic carbocycles. The van der Waals surface area contributed by atoms with E-state index < -0.39 is 0 Å². The highest BCUT2D eigenvalue weighted by molar-refractivity contribution is 5.63. The Balaban J connectivity index is 1.61. The van der Waals surface area contributed by atoms with Gasteiger partial charge in [0.2, 0.25) is 0 Å². The van der Waals surface area contributed by atoms with E-state index in [4.69, 9.17) is 0 Å². The van der Waals surface area contributed by atoms with Gasteiger partial charge >= 0.3 is 0 Å². The van der Waals surface area contributed by atoms with E-state index in [1.807, 2.05) is 24.5 Å². The van der Waals surface area contributed by atoms with Crippen molar-refractivity contribution in [2.45, 2.75) is 44.4 Å². The lowest BCUT2D eigenvalue weighted by molar-refractivity contribution is 0.116. The van der Waals surface area contributed by atoms with E-state index in [1.54, 1.807) is 0 Å². The number of aliphatic hydroxyl groups excluding tert-OH is 1. The fourth-order valence-electron chi connectivity index (χ4n) is 2.95. The van der Waals surface area contributed by atoms with Crippen LogP contribution in [0, 0.1) is 0 Å². The molecule has 0 amide bonds. The standard InChI is InChI=1S/C18H22N2O/c21-18-6-4-17(5-7-18)20-13-14-2-1-3-16(12-14)15-8-10-19-11-9-15/h1-3,8-12,17-18,20-21H,4-7,13H2/t17-,18-. The maximum Gasteiger partial charge on any atom is 0.0541 e. The van der Waals surface area contributed by atoms with Crippen LogP contribution >= 0.6 is 0 Å². The molecule has 0 saturated heterocycles. The summed E-state index contributed by atoms with van der Waals surface area (Å²) in [5.41, 5.74) is 3.74. The van der Waals surface area contributed by atoms with E-state index >= 15 is 0 Å². The molecule has 3 rings (SSSR count). The lowest BCUT2D eigenvalue weighted by atomic mass is 9.93. The third-order valence-electron chi connectivity index (χ3n) is 4.23. The number of hydrogen-bond donors (Lipinski definition) is 2. The minimum atomic E-state index is -0.0851. The minimum absolute atomic E-state index is 0.0851. The molecule has 0 bridgehead atoms. The predicted molar refractivity (Wildman–Crippen MR) is 84.8 cm³/mol. The lowest BCUT2D eigenvalue weighted by Crippen LogP contribution is -2.34. The van der Waals surface area contributed by atoms with Crippen molar-refractivity contribution in [2.75, 3.05) is 0 Å². The van der Waals surface area contributed by atoms with Crippen molar-refractivity contribution in [3.05, 3.63) is 54.4 Å². The molecule has 21 heavy (non-hydrogen) atoms. The summed E-state index contributed by atoms with van der Waals surface area (Å²) in [6.07, 6.45) is 7.57. The second-order valence-corrected chi connectivity index (χ2v) is 5.82. The molecular weight excluding hydrogens is 260 g/mol. The smallest absolute Gasteiger partial charge is 0.0541 e. The summed E-state index contributed by atoms with van der Waals surface area (Å²) in [6, 6.07) is 13.3. The molecule has 0 aliphatic heterocycles. The first-order chi connectivity index (χ1) is 10.3. The zero-order valence-electron chi connectivity index (χ0n) is 12.2. The van der Waals surface area contributed by atoms with Gasteiger partial charge in [-0.25, -0.2) is 0 Å². The topological polar surface area (TPSA) is 45.1 Å². The molecule has 110 valence electrons. The molecule has 1 saturated carbocycles. The van der Waals surface area contributed by atoms with E-state index in [0.29, 0.717) is 6.04 Å². The summed E-state index contributed by atoms with van der Waals surface area (Å²) in [4.78, 5) is 4.06. The molecular formula is C18H22N2O. The predicted octanol–water partition coefficient (Wildman–Crippen LogP) is 3.14. The summed E-state index contributed by atoms with van der Waals surface area (Å²) in [5.74, 6) is 0. The van der Waals surface area contributed by atoms with E-state index in [1.165, 1.54) is 16.7 Å². The number of nitrogens with one attached hydrogen (secondary N) is 1. The maximum absolute atomic E-state index is 9.54. The van der Waals surface area contributed by atoms with Gasteiger partial charge in [-0.1, -0.05) is 18.2 Å². The molecule has 1 aliphatic rings. The zero-order valence-corrected chi connectivity index (χ0v) is 12.2. The highest BCUT2D eigenvalue weighted by Gasteiger charge is 2.18. The number of aromatic nitrogens is 1. The van der Waals surface area contributed by atoms with Gasteiger partial charge < -0.3 is 10.4 Å². The summed E-state index contributed by atoms with van der Waals surface area (Å²) < 4.78 is 0. The highest BCUT2D eigenvalue weighted by Crippen LogP contribution is 2.21. The number of aliphatic hydroxyl groups is 1.